The third kappa shape index (κ3) is 5.37. The number of hydrogen-bond donors (Lipinski definition) is 5. The number of piperidine rings is 1. The lowest BCUT2D eigenvalue weighted by Gasteiger charge is -2.28. The molecule has 12 heteroatoms. The highest BCUT2D eigenvalue weighted by Crippen LogP contribution is 2.24. The Hall–Kier alpha value is -4.22. The van der Waals surface area contributed by atoms with Gasteiger partial charge in [0.1, 0.15) is 17.9 Å². The Bertz CT molecular complexity index is 1310. The Balaban J connectivity index is 1.39. The number of urea groups is 1. The fourth-order valence-electron chi connectivity index (χ4n) is 3.83. The van der Waals surface area contributed by atoms with Crippen molar-refractivity contribution in [2.45, 2.75) is 32.0 Å². The maximum absolute atomic E-state index is 12.8. The number of carbonyl (C=O) groups is 5. The van der Waals surface area contributed by atoms with E-state index >= 15 is 0 Å². The molecular weight excluding hydrogens is 488 g/mol. The summed E-state index contributed by atoms with van der Waals surface area (Å²) in [6.45, 7) is 1.85. The second-order valence-corrected chi connectivity index (χ2v) is 8.74. The summed E-state index contributed by atoms with van der Waals surface area (Å²) >= 11 is 6.08. The fraction of sp³-hybridized carbons (Fsp3) is 0.208. The van der Waals surface area contributed by atoms with Gasteiger partial charge in [0.25, 0.3) is 11.8 Å². The Morgan fingerprint density at radius 2 is 1.92 bits per heavy atom. The van der Waals surface area contributed by atoms with Crippen LogP contribution in [0, 0.1) is 6.92 Å². The number of amides is 6. The Labute approximate surface area is 211 Å². The van der Waals surface area contributed by atoms with Gasteiger partial charge in [-0.05, 0) is 48.7 Å². The van der Waals surface area contributed by atoms with Crippen molar-refractivity contribution in [1.82, 2.24) is 15.5 Å². The van der Waals surface area contributed by atoms with Crippen LogP contribution >= 0.6 is 11.6 Å². The van der Waals surface area contributed by atoms with Crippen molar-refractivity contribution in [3.8, 4) is 0 Å². The highest BCUT2D eigenvalue weighted by atomic mass is 35.5. The molecule has 6 N–H and O–H groups in total. The van der Waals surface area contributed by atoms with Crippen molar-refractivity contribution in [2.24, 2.45) is 5.73 Å². The number of nitrogens with two attached hydrogens (primary N) is 1. The van der Waals surface area contributed by atoms with E-state index < -0.39 is 41.9 Å². The normalized spacial score (nSPS) is 18.5. The van der Waals surface area contributed by atoms with E-state index in [4.69, 9.17) is 17.3 Å². The van der Waals surface area contributed by atoms with Crippen LogP contribution < -0.4 is 27.0 Å². The average Bonchev–Trinajstić information content (AvgIpc) is 3.09. The smallest absolute Gasteiger partial charge is 0.320 e. The predicted octanol–water partition coefficient (Wildman–Crippen LogP) is 1.90. The lowest BCUT2D eigenvalue weighted by atomic mass is 10.0. The van der Waals surface area contributed by atoms with Crippen LogP contribution in [-0.2, 0) is 19.2 Å². The van der Waals surface area contributed by atoms with Gasteiger partial charge >= 0.3 is 6.03 Å². The van der Waals surface area contributed by atoms with Gasteiger partial charge in [0.2, 0.25) is 11.8 Å². The number of hydrogen-bond acceptors (Lipinski definition) is 7. The number of imide groups is 2. The van der Waals surface area contributed by atoms with Crippen molar-refractivity contribution in [3.05, 3.63) is 70.4 Å². The van der Waals surface area contributed by atoms with Crippen molar-refractivity contribution in [1.29, 1.82) is 0 Å². The van der Waals surface area contributed by atoms with E-state index in [1.165, 1.54) is 0 Å². The molecule has 36 heavy (non-hydrogen) atoms. The molecule has 2 aliphatic heterocycles. The highest BCUT2D eigenvalue weighted by Gasteiger charge is 2.42. The van der Waals surface area contributed by atoms with Crippen molar-refractivity contribution < 1.29 is 24.0 Å². The minimum absolute atomic E-state index is 0.0302. The minimum Gasteiger partial charge on any atom is -0.351 e. The maximum atomic E-state index is 12.8. The van der Waals surface area contributed by atoms with Gasteiger partial charge in [0.15, 0.2) is 0 Å². The molecule has 2 atom stereocenters. The second-order valence-electron chi connectivity index (χ2n) is 8.33. The van der Waals surface area contributed by atoms with Crippen LogP contribution in [0.1, 0.15) is 30.1 Å². The third-order valence-corrected chi connectivity index (χ3v) is 6.12. The summed E-state index contributed by atoms with van der Waals surface area (Å²) in [5, 5.41) is 10.8. The van der Waals surface area contributed by atoms with Gasteiger partial charge in [0.05, 0.1) is 0 Å². The molecule has 1 saturated heterocycles. The Morgan fingerprint density at radius 1 is 1.14 bits per heavy atom. The first-order chi connectivity index (χ1) is 17.1. The number of nitrogens with one attached hydrogen (secondary N) is 4. The van der Waals surface area contributed by atoms with E-state index in [0.717, 1.165) is 16.5 Å². The molecule has 0 radical (unpaired) electrons. The molecule has 1 unspecified atom stereocenters. The van der Waals surface area contributed by atoms with Crippen LogP contribution in [0.25, 0.3) is 0 Å². The second kappa shape index (κ2) is 10.2. The molecule has 0 bridgehead atoms. The lowest BCUT2D eigenvalue weighted by molar-refractivity contribution is -0.149. The van der Waals surface area contributed by atoms with E-state index in [2.05, 4.69) is 21.3 Å². The van der Waals surface area contributed by atoms with Crippen molar-refractivity contribution >= 4 is 52.6 Å². The summed E-state index contributed by atoms with van der Waals surface area (Å²) in [5.74, 6) is -2.47. The number of nitrogens with zero attached hydrogens (tertiary/aromatic N) is 1. The molecule has 2 heterocycles. The average molecular weight is 511 g/mol. The first-order valence-corrected chi connectivity index (χ1v) is 11.4. The van der Waals surface area contributed by atoms with E-state index in [1.807, 2.05) is 6.92 Å². The van der Waals surface area contributed by atoms with Crippen molar-refractivity contribution in [3.63, 3.8) is 0 Å². The zero-order valence-corrected chi connectivity index (χ0v) is 19.9. The van der Waals surface area contributed by atoms with Gasteiger partial charge in [-0.1, -0.05) is 29.8 Å². The summed E-state index contributed by atoms with van der Waals surface area (Å²) in [4.78, 5) is 62.0. The van der Waals surface area contributed by atoms with Crippen LogP contribution in [0.2, 0.25) is 5.02 Å². The molecule has 11 nitrogen and oxygen atoms in total. The molecule has 4 rings (SSSR count). The zero-order chi connectivity index (χ0) is 26.0. The SMILES string of the molecule is Cc1ccc(NC(=O)N[C@@H](N)c2cccc(NC3=CC(=O)N(C4CCC(=O)NC4=O)C3=O)c2)cc1Cl. The molecule has 0 saturated carbocycles. The van der Waals surface area contributed by atoms with Gasteiger partial charge in [-0.25, -0.2) is 4.79 Å². The van der Waals surface area contributed by atoms with Crippen LogP contribution in [0.4, 0.5) is 16.2 Å². The van der Waals surface area contributed by atoms with Crippen molar-refractivity contribution in [2.75, 3.05) is 10.6 Å². The third-order valence-electron chi connectivity index (χ3n) is 5.72. The van der Waals surface area contributed by atoms with E-state index in [1.54, 1.807) is 42.5 Å². The number of carbonyl (C=O) groups excluding carboxylic acids is 5. The summed E-state index contributed by atoms with van der Waals surface area (Å²) in [5.41, 5.74) is 8.45. The number of benzene rings is 2. The molecule has 0 aliphatic carbocycles. The minimum atomic E-state index is -1.05. The number of halogens is 1. The van der Waals surface area contributed by atoms with Crippen LogP contribution in [0.3, 0.4) is 0 Å². The molecule has 2 aromatic rings. The largest absolute Gasteiger partial charge is 0.351 e. The first-order valence-electron chi connectivity index (χ1n) is 11.0. The summed E-state index contributed by atoms with van der Waals surface area (Å²) in [7, 11) is 0. The monoisotopic (exact) mass is 510 g/mol. The van der Waals surface area contributed by atoms with Crippen LogP contribution in [0.15, 0.2) is 54.2 Å². The summed E-state index contributed by atoms with van der Waals surface area (Å²) in [6.07, 6.45) is 0.309. The molecule has 2 aromatic carbocycles. The molecule has 1 fully saturated rings. The van der Waals surface area contributed by atoms with Gasteiger partial charge in [0, 0.05) is 28.9 Å². The van der Waals surface area contributed by atoms with Crippen LogP contribution in [0.5, 0.6) is 0 Å². The fourth-order valence-corrected chi connectivity index (χ4v) is 4.01. The van der Waals surface area contributed by atoms with Gasteiger partial charge < -0.3 is 21.7 Å². The maximum Gasteiger partial charge on any atom is 0.320 e. The Kier molecular flexibility index (Phi) is 7.04. The topological polar surface area (TPSA) is 163 Å². The van der Waals surface area contributed by atoms with Crippen LogP contribution in [-0.4, -0.2) is 40.6 Å². The van der Waals surface area contributed by atoms with Gasteiger partial charge in [-0.3, -0.25) is 29.4 Å². The first kappa shape index (κ1) is 24.9. The molecule has 2 aliphatic rings. The highest BCUT2D eigenvalue weighted by molar-refractivity contribution is 6.31. The number of aryl methyl sites for hydroxylation is 1. The quantitative estimate of drug-likeness (QED) is 0.292. The molecular formula is C24H23ClN6O5. The van der Waals surface area contributed by atoms with E-state index in [9.17, 15) is 24.0 Å². The molecule has 0 aromatic heterocycles. The standard InChI is InChI=1S/C24H23ClN6O5/c1-12-5-6-15(10-16(12)25)28-24(36)30-21(26)13-3-2-4-14(9-13)27-17-11-20(33)31(23(17)35)18-7-8-19(32)29-22(18)34/h2-6,9-11,18,21,27H,7-8,26H2,1H3,(H2,28,30,36)(H,29,32,34)/t18?,21-/m1/s1. The number of rotatable bonds is 6. The summed E-state index contributed by atoms with van der Waals surface area (Å²) in [6, 6.07) is 10.1. The zero-order valence-electron chi connectivity index (χ0n) is 19.1. The van der Waals surface area contributed by atoms with Gasteiger partial charge in [-0.15, -0.1) is 0 Å². The molecule has 6 amide bonds. The lowest BCUT2D eigenvalue weighted by Crippen LogP contribution is -2.54. The summed E-state index contributed by atoms with van der Waals surface area (Å²) < 4.78 is 0. The predicted molar refractivity (Wildman–Crippen MR) is 131 cm³/mol. The molecule has 186 valence electrons. The van der Waals surface area contributed by atoms with E-state index in [-0.39, 0.29) is 18.5 Å². The van der Waals surface area contributed by atoms with Gasteiger partial charge in [-0.2, -0.15) is 0 Å². The Morgan fingerprint density at radius 3 is 2.64 bits per heavy atom. The molecule has 0 spiro atoms. The number of anilines is 2. The van der Waals surface area contributed by atoms with E-state index in [0.29, 0.717) is 22.0 Å².